The minimum absolute atomic E-state index is 0.0448. The number of rotatable bonds is 1. The van der Waals surface area contributed by atoms with Crippen LogP contribution in [0.5, 0.6) is 0 Å². The molecular weight excluding hydrogens is 294 g/mol. The zero-order chi connectivity index (χ0) is 15.4. The van der Waals surface area contributed by atoms with Gasteiger partial charge in [0.1, 0.15) is 11.6 Å². The Morgan fingerprint density at radius 1 is 1.38 bits per heavy atom. The highest BCUT2D eigenvalue weighted by Gasteiger charge is 2.45. The number of pyridine rings is 1. The Morgan fingerprint density at radius 3 is 2.67 bits per heavy atom. The van der Waals surface area contributed by atoms with E-state index in [0.717, 1.165) is 0 Å². The number of aromatic nitrogens is 1. The van der Waals surface area contributed by atoms with Crippen molar-refractivity contribution in [1.82, 2.24) is 0 Å². The first kappa shape index (κ1) is 13.6. The summed E-state index contributed by atoms with van der Waals surface area (Å²) in [5.74, 6) is 0.263. The fraction of sp³-hybridized carbons (Fsp3) is 0.417. The molecule has 1 fully saturated rings. The van der Waals surface area contributed by atoms with Gasteiger partial charge in [-0.2, -0.15) is 5.26 Å². The molecule has 2 aliphatic rings. The van der Waals surface area contributed by atoms with Crippen molar-refractivity contribution in [2.24, 2.45) is 0 Å². The topological polar surface area (TPSA) is 144 Å². The van der Waals surface area contributed by atoms with Crippen LogP contribution in [0, 0.1) is 11.3 Å². The number of carbonyl (C=O) groups excluding carboxylic acids is 1. The minimum atomic E-state index is -3.11. The molecule has 8 nitrogen and oxygen atoms in total. The van der Waals surface area contributed by atoms with Gasteiger partial charge < -0.3 is 11.5 Å². The van der Waals surface area contributed by atoms with E-state index in [-0.39, 0.29) is 40.9 Å². The molecule has 0 unspecified atom stereocenters. The smallest absolute Gasteiger partial charge is 0.287 e. The van der Waals surface area contributed by atoms with E-state index in [9.17, 15) is 13.2 Å². The van der Waals surface area contributed by atoms with Crippen LogP contribution in [0.4, 0.5) is 17.3 Å². The van der Waals surface area contributed by atoms with Crippen LogP contribution in [0.1, 0.15) is 17.5 Å². The first-order chi connectivity index (χ1) is 9.84. The third-order valence-corrected chi connectivity index (χ3v) is 5.68. The highest BCUT2D eigenvalue weighted by molar-refractivity contribution is 7.91. The fourth-order valence-electron chi connectivity index (χ4n) is 2.92. The van der Waals surface area contributed by atoms with Crippen molar-refractivity contribution in [3.63, 3.8) is 0 Å². The molecule has 2 aliphatic heterocycles. The van der Waals surface area contributed by atoms with E-state index in [1.165, 1.54) is 4.90 Å². The molecule has 0 spiro atoms. The molecule has 21 heavy (non-hydrogen) atoms. The van der Waals surface area contributed by atoms with Crippen molar-refractivity contribution in [3.8, 4) is 6.07 Å². The summed E-state index contributed by atoms with van der Waals surface area (Å²) in [6, 6.07) is 1.49. The molecule has 1 atom stereocenters. The van der Waals surface area contributed by atoms with Crippen molar-refractivity contribution in [1.29, 1.82) is 5.26 Å². The van der Waals surface area contributed by atoms with Gasteiger partial charge in [0.2, 0.25) is 11.6 Å². The third kappa shape index (κ3) is 1.99. The first-order valence-corrected chi connectivity index (χ1v) is 8.22. The van der Waals surface area contributed by atoms with Gasteiger partial charge in [-0.25, -0.2) is 18.3 Å². The standard InChI is InChI=1S/C12H13N5O3S/c13-4-8-10(14)7-3-9(18)17(12(7)16-11(8)15)6-1-2-21(19,20)5-6/h6H,1-3,5H2,(H4,14,15,16)/p+1/t6-/m1/s1. The van der Waals surface area contributed by atoms with Crippen molar-refractivity contribution in [2.45, 2.75) is 18.9 Å². The number of H-pyrrole nitrogens is 1. The normalized spacial score (nSPS) is 23.1. The largest absolute Gasteiger partial charge is 0.397 e. The predicted molar refractivity (Wildman–Crippen MR) is 74.8 cm³/mol. The van der Waals surface area contributed by atoms with Crippen LogP contribution < -0.4 is 21.4 Å². The van der Waals surface area contributed by atoms with Gasteiger partial charge in [-0.05, 0) is 6.42 Å². The zero-order valence-corrected chi connectivity index (χ0v) is 11.9. The van der Waals surface area contributed by atoms with E-state index in [1.54, 1.807) is 0 Å². The van der Waals surface area contributed by atoms with Crippen LogP contribution in [0.25, 0.3) is 0 Å². The number of nitriles is 1. The Hall–Kier alpha value is -2.34. The summed E-state index contributed by atoms with van der Waals surface area (Å²) in [5, 5.41) is 9.03. The molecule has 110 valence electrons. The third-order valence-electron chi connectivity index (χ3n) is 3.93. The molecule has 1 aromatic rings. The molecule has 1 saturated heterocycles. The van der Waals surface area contributed by atoms with Crippen LogP contribution in [-0.4, -0.2) is 31.9 Å². The summed E-state index contributed by atoms with van der Waals surface area (Å²) in [5.41, 5.74) is 12.5. The van der Waals surface area contributed by atoms with Gasteiger partial charge in [-0.1, -0.05) is 0 Å². The molecule has 9 heteroatoms. The molecular formula is C12H14N5O3S+. The lowest BCUT2D eigenvalue weighted by atomic mass is 10.1. The number of sulfone groups is 1. The molecule has 3 heterocycles. The van der Waals surface area contributed by atoms with Crippen molar-refractivity contribution >= 4 is 33.1 Å². The summed E-state index contributed by atoms with van der Waals surface area (Å²) in [6.07, 6.45) is 0.435. The maximum Gasteiger partial charge on any atom is 0.287 e. The van der Waals surface area contributed by atoms with Crippen LogP contribution >= 0.6 is 0 Å². The maximum absolute atomic E-state index is 12.2. The molecule has 0 saturated carbocycles. The van der Waals surface area contributed by atoms with Crippen molar-refractivity contribution < 1.29 is 18.2 Å². The average molecular weight is 308 g/mol. The van der Waals surface area contributed by atoms with Gasteiger partial charge in [-0.15, -0.1) is 0 Å². The molecule has 0 radical (unpaired) electrons. The Kier molecular flexibility index (Phi) is 2.81. The molecule has 0 aromatic carbocycles. The fourth-order valence-corrected chi connectivity index (χ4v) is 4.62. The lowest BCUT2D eigenvalue weighted by Crippen LogP contribution is -2.41. The second-order valence-corrected chi connectivity index (χ2v) is 7.49. The first-order valence-electron chi connectivity index (χ1n) is 6.39. The van der Waals surface area contributed by atoms with Crippen molar-refractivity contribution in [3.05, 3.63) is 11.1 Å². The molecule has 3 rings (SSSR count). The number of nitrogens with two attached hydrogens (primary N) is 2. The number of fused-ring (bicyclic) bond motifs is 1. The van der Waals surface area contributed by atoms with E-state index in [1.807, 2.05) is 6.07 Å². The van der Waals surface area contributed by atoms with E-state index >= 15 is 0 Å². The number of amides is 1. The highest BCUT2D eigenvalue weighted by Crippen LogP contribution is 2.35. The predicted octanol–water partition coefficient (Wildman–Crippen LogP) is -1.39. The van der Waals surface area contributed by atoms with E-state index in [2.05, 4.69) is 4.98 Å². The quantitative estimate of drug-likeness (QED) is 0.653. The maximum atomic E-state index is 12.2. The number of aromatic amines is 1. The van der Waals surface area contributed by atoms with Crippen LogP contribution in [0.3, 0.4) is 0 Å². The number of anilines is 3. The van der Waals surface area contributed by atoms with Crippen molar-refractivity contribution in [2.75, 3.05) is 27.9 Å². The molecule has 0 bridgehead atoms. The summed E-state index contributed by atoms with van der Waals surface area (Å²) in [4.78, 5) is 16.5. The van der Waals surface area contributed by atoms with E-state index < -0.39 is 15.9 Å². The number of nitrogens with zero attached hydrogens (tertiary/aromatic N) is 2. The Labute approximate surface area is 121 Å². The van der Waals surface area contributed by atoms with Crippen LogP contribution in [0.15, 0.2) is 0 Å². The summed E-state index contributed by atoms with van der Waals surface area (Å²) in [6.45, 7) is 0. The van der Waals surface area contributed by atoms with Gasteiger partial charge in [0.25, 0.3) is 5.91 Å². The van der Waals surface area contributed by atoms with Gasteiger partial charge in [0, 0.05) is 0 Å². The number of hydrogen-bond donors (Lipinski definition) is 2. The molecule has 5 N–H and O–H groups in total. The molecule has 0 aliphatic carbocycles. The molecule has 1 aromatic heterocycles. The number of carbonyl (C=O) groups is 1. The number of nitrogen functional groups attached to an aromatic ring is 2. The average Bonchev–Trinajstić information content (AvgIpc) is 2.90. The number of hydrogen-bond acceptors (Lipinski definition) is 6. The summed E-state index contributed by atoms with van der Waals surface area (Å²) in [7, 11) is -3.11. The van der Waals surface area contributed by atoms with Gasteiger partial charge >= 0.3 is 0 Å². The lowest BCUT2D eigenvalue weighted by Gasteiger charge is -2.18. The second kappa shape index (κ2) is 4.33. The van der Waals surface area contributed by atoms with Gasteiger partial charge in [-0.3, -0.25) is 4.79 Å². The van der Waals surface area contributed by atoms with E-state index in [4.69, 9.17) is 16.7 Å². The van der Waals surface area contributed by atoms with Gasteiger partial charge in [0.05, 0.1) is 35.2 Å². The van der Waals surface area contributed by atoms with E-state index in [0.29, 0.717) is 17.8 Å². The Bertz CT molecular complexity index is 796. The Balaban J connectivity index is 2.09. The van der Waals surface area contributed by atoms with Crippen LogP contribution in [0.2, 0.25) is 0 Å². The monoisotopic (exact) mass is 308 g/mol. The minimum Gasteiger partial charge on any atom is -0.397 e. The zero-order valence-electron chi connectivity index (χ0n) is 11.1. The van der Waals surface area contributed by atoms with Crippen LogP contribution in [-0.2, 0) is 21.1 Å². The SMILES string of the molecule is N#Cc1c(N)[nH+]c2c(c1N)CC(=O)N2[C@@H]1CCS(=O)(=O)C1. The second-order valence-electron chi connectivity index (χ2n) is 5.26. The van der Waals surface area contributed by atoms with Gasteiger partial charge in [0.15, 0.2) is 9.84 Å². The lowest BCUT2D eigenvalue weighted by molar-refractivity contribution is -0.346. The molecule has 1 amide bonds. The number of nitrogens with one attached hydrogen (secondary N) is 1. The highest BCUT2D eigenvalue weighted by atomic mass is 32.2. The summed E-state index contributed by atoms with van der Waals surface area (Å²) < 4.78 is 23.2. The Morgan fingerprint density at radius 2 is 2.10 bits per heavy atom. The summed E-state index contributed by atoms with van der Waals surface area (Å²) >= 11 is 0.